The van der Waals surface area contributed by atoms with Crippen LogP contribution in [0, 0.1) is 22.2 Å². The second-order valence-corrected chi connectivity index (χ2v) is 13.3. The molecule has 0 radical (unpaired) electrons. The van der Waals surface area contributed by atoms with Crippen LogP contribution < -0.4 is 5.32 Å². The van der Waals surface area contributed by atoms with Gasteiger partial charge in [0.2, 0.25) is 0 Å². The molecule has 2 atom stereocenters. The first-order valence-electron chi connectivity index (χ1n) is 13.3. The largest absolute Gasteiger partial charge is 0.446 e. The predicted molar refractivity (Wildman–Crippen MR) is 155 cm³/mol. The highest BCUT2D eigenvalue weighted by molar-refractivity contribution is 7.90. The second-order valence-electron chi connectivity index (χ2n) is 11.5. The van der Waals surface area contributed by atoms with E-state index in [1.165, 1.54) is 18.3 Å². The minimum Gasteiger partial charge on any atom is -0.446 e. The Morgan fingerprint density at radius 3 is 2.34 bits per heavy atom. The van der Waals surface area contributed by atoms with E-state index >= 15 is 0 Å². The van der Waals surface area contributed by atoms with Gasteiger partial charge in [0.1, 0.15) is 6.07 Å². The Hall–Kier alpha value is -4.26. The van der Waals surface area contributed by atoms with Gasteiger partial charge in [-0.05, 0) is 63.1 Å². The summed E-state index contributed by atoms with van der Waals surface area (Å²) in [6, 6.07) is 24.5. The molecule has 5 rings (SSSR count). The molecule has 0 aliphatic carbocycles. The lowest BCUT2D eigenvalue weighted by Gasteiger charge is -2.27. The topological polar surface area (TPSA) is 118 Å². The number of Topliss-reactive ketones (excluding diaryl/α,β-unsaturated/α-hetero) is 1. The van der Waals surface area contributed by atoms with E-state index in [9.17, 15) is 23.3 Å². The normalized spacial score (nSPS) is 19.1. The van der Waals surface area contributed by atoms with Crippen molar-refractivity contribution in [2.75, 3.05) is 6.54 Å². The standard InChI is InChI=1S/C32H31N3O5S/c1-31(2,3)30(37)40-28-18-32(21-34-28,17-22-10-6-4-7-11-22)29(36)23-14-15-27-26(16-23)24(19-33)20-35(27)41(38,39)25-12-8-5-9-13-25/h4-16,20,28,34H,17-18,21H2,1-3H3. The van der Waals surface area contributed by atoms with E-state index in [0.717, 1.165) is 9.54 Å². The van der Waals surface area contributed by atoms with Crippen LogP contribution in [0.2, 0.25) is 0 Å². The molecule has 1 aliphatic heterocycles. The van der Waals surface area contributed by atoms with E-state index in [1.54, 1.807) is 57.2 Å². The van der Waals surface area contributed by atoms with Crippen LogP contribution in [0.5, 0.6) is 0 Å². The number of nitriles is 1. The van der Waals surface area contributed by atoms with Crippen molar-refractivity contribution in [1.82, 2.24) is 9.29 Å². The lowest BCUT2D eigenvalue weighted by Crippen LogP contribution is -2.36. The summed E-state index contributed by atoms with van der Waals surface area (Å²) in [7, 11) is -3.97. The molecule has 8 nitrogen and oxygen atoms in total. The van der Waals surface area contributed by atoms with Crippen molar-refractivity contribution in [2.45, 2.75) is 44.7 Å². The summed E-state index contributed by atoms with van der Waals surface area (Å²) in [6.45, 7) is 5.62. The molecule has 2 unspecified atom stereocenters. The maximum Gasteiger partial charge on any atom is 0.312 e. The number of aromatic nitrogens is 1. The summed E-state index contributed by atoms with van der Waals surface area (Å²) in [5.41, 5.74) is 0.147. The number of carbonyl (C=O) groups excluding carboxylic acids is 2. The quantitative estimate of drug-likeness (QED) is 0.244. The van der Waals surface area contributed by atoms with Gasteiger partial charge in [-0.25, -0.2) is 12.4 Å². The van der Waals surface area contributed by atoms with Crippen LogP contribution in [0.25, 0.3) is 10.9 Å². The zero-order valence-electron chi connectivity index (χ0n) is 23.1. The Balaban J connectivity index is 1.54. The van der Waals surface area contributed by atoms with E-state index in [4.69, 9.17) is 4.74 Å². The summed E-state index contributed by atoms with van der Waals surface area (Å²) >= 11 is 0. The smallest absolute Gasteiger partial charge is 0.312 e. The van der Waals surface area contributed by atoms with Crippen molar-refractivity contribution in [3.05, 3.63) is 102 Å². The molecule has 0 saturated carbocycles. The number of nitrogens with one attached hydrogen (secondary N) is 1. The monoisotopic (exact) mass is 569 g/mol. The zero-order chi connectivity index (χ0) is 29.4. The maximum absolute atomic E-state index is 14.3. The zero-order valence-corrected chi connectivity index (χ0v) is 23.9. The number of carbonyl (C=O) groups is 2. The minimum absolute atomic E-state index is 0.0937. The molecule has 1 saturated heterocycles. The van der Waals surface area contributed by atoms with Crippen molar-refractivity contribution in [1.29, 1.82) is 5.26 Å². The molecule has 0 amide bonds. The van der Waals surface area contributed by atoms with Crippen molar-refractivity contribution < 1.29 is 22.7 Å². The average Bonchev–Trinajstić information content (AvgIpc) is 3.55. The van der Waals surface area contributed by atoms with Gasteiger partial charge < -0.3 is 4.74 Å². The van der Waals surface area contributed by atoms with Crippen LogP contribution in [0.4, 0.5) is 0 Å². The second kappa shape index (κ2) is 10.6. The molecule has 0 bridgehead atoms. The third-order valence-corrected chi connectivity index (χ3v) is 9.11. The van der Waals surface area contributed by atoms with Gasteiger partial charge in [-0.1, -0.05) is 48.5 Å². The van der Waals surface area contributed by atoms with E-state index in [0.29, 0.717) is 22.9 Å². The van der Waals surface area contributed by atoms with E-state index < -0.39 is 27.1 Å². The maximum atomic E-state index is 14.3. The van der Waals surface area contributed by atoms with Gasteiger partial charge in [-0.2, -0.15) is 5.26 Å². The molecule has 9 heteroatoms. The van der Waals surface area contributed by atoms with Crippen LogP contribution in [0.1, 0.15) is 48.7 Å². The van der Waals surface area contributed by atoms with Gasteiger partial charge in [0.25, 0.3) is 10.0 Å². The first-order valence-corrected chi connectivity index (χ1v) is 14.8. The van der Waals surface area contributed by atoms with Gasteiger partial charge >= 0.3 is 5.97 Å². The van der Waals surface area contributed by atoms with Crippen LogP contribution >= 0.6 is 0 Å². The molecular formula is C32H31N3O5S. The van der Waals surface area contributed by atoms with Crippen molar-refractivity contribution in [3.63, 3.8) is 0 Å². The molecule has 3 aromatic carbocycles. The third-order valence-electron chi connectivity index (χ3n) is 7.43. The molecule has 4 aromatic rings. The number of hydrogen-bond acceptors (Lipinski definition) is 7. The fourth-order valence-electron chi connectivity index (χ4n) is 5.21. The summed E-state index contributed by atoms with van der Waals surface area (Å²) in [5.74, 6) is -0.536. The van der Waals surface area contributed by atoms with Gasteiger partial charge in [0, 0.05) is 30.1 Å². The molecule has 41 heavy (non-hydrogen) atoms. The van der Waals surface area contributed by atoms with Crippen LogP contribution in [0.3, 0.4) is 0 Å². The minimum atomic E-state index is -3.97. The molecule has 1 aliphatic rings. The van der Waals surface area contributed by atoms with Gasteiger partial charge in [-0.3, -0.25) is 14.9 Å². The summed E-state index contributed by atoms with van der Waals surface area (Å²) < 4.78 is 33.6. The highest BCUT2D eigenvalue weighted by atomic mass is 32.2. The van der Waals surface area contributed by atoms with Crippen molar-refractivity contribution in [3.8, 4) is 6.07 Å². The highest BCUT2D eigenvalue weighted by Crippen LogP contribution is 2.38. The molecule has 0 spiro atoms. The summed E-state index contributed by atoms with van der Waals surface area (Å²) in [5, 5.41) is 13.4. The molecule has 2 heterocycles. The third kappa shape index (κ3) is 5.41. The average molecular weight is 570 g/mol. The SMILES string of the molecule is CC(C)(C)C(=O)OC1CC(Cc2ccccc2)(C(=O)c2ccc3c(c2)c(C#N)cn3S(=O)(=O)c2ccccc2)CN1. The van der Waals surface area contributed by atoms with Crippen molar-refractivity contribution >= 4 is 32.7 Å². The summed E-state index contributed by atoms with van der Waals surface area (Å²) in [6.07, 6.45) is 1.34. The molecular weight excluding hydrogens is 538 g/mol. The number of ketones is 1. The first-order chi connectivity index (χ1) is 19.4. The van der Waals surface area contributed by atoms with E-state index in [-0.39, 0.29) is 35.2 Å². The Kier molecular flexibility index (Phi) is 7.32. The lowest BCUT2D eigenvalue weighted by atomic mass is 9.74. The Bertz CT molecular complexity index is 1770. The summed E-state index contributed by atoms with van der Waals surface area (Å²) in [4.78, 5) is 27.0. The van der Waals surface area contributed by atoms with Crippen molar-refractivity contribution in [2.24, 2.45) is 10.8 Å². The van der Waals surface area contributed by atoms with Crippen LogP contribution in [-0.4, -0.2) is 36.9 Å². The number of fused-ring (bicyclic) bond motifs is 1. The predicted octanol–water partition coefficient (Wildman–Crippen LogP) is 5.07. The van der Waals surface area contributed by atoms with Crippen LogP contribution in [0.15, 0.2) is 90.0 Å². The number of benzene rings is 3. The number of ether oxygens (including phenoxy) is 1. The van der Waals surface area contributed by atoms with Gasteiger partial charge in [-0.15, -0.1) is 0 Å². The molecule has 1 aromatic heterocycles. The van der Waals surface area contributed by atoms with Gasteiger partial charge in [0.15, 0.2) is 12.0 Å². The Labute approximate surface area is 239 Å². The lowest BCUT2D eigenvalue weighted by molar-refractivity contribution is -0.159. The Morgan fingerprint density at radius 1 is 1.05 bits per heavy atom. The van der Waals surface area contributed by atoms with E-state index in [2.05, 4.69) is 11.4 Å². The van der Waals surface area contributed by atoms with Crippen LogP contribution in [-0.2, 0) is 26.0 Å². The fraction of sp³-hybridized carbons (Fsp3) is 0.281. The van der Waals surface area contributed by atoms with E-state index in [1.807, 2.05) is 30.3 Å². The first kappa shape index (κ1) is 28.3. The molecule has 1 N–H and O–H groups in total. The molecule has 1 fully saturated rings. The highest BCUT2D eigenvalue weighted by Gasteiger charge is 2.47. The fourth-order valence-corrected chi connectivity index (χ4v) is 6.60. The number of esters is 1. The Morgan fingerprint density at radius 2 is 1.71 bits per heavy atom. The number of hydrogen-bond donors (Lipinski definition) is 1. The molecule has 210 valence electrons. The number of rotatable bonds is 7. The number of nitrogens with zero attached hydrogens (tertiary/aromatic N) is 2. The van der Waals surface area contributed by atoms with Gasteiger partial charge in [0.05, 0.1) is 26.8 Å².